The Morgan fingerprint density at radius 1 is 1.41 bits per heavy atom. The van der Waals surface area contributed by atoms with Crippen molar-refractivity contribution in [2.24, 2.45) is 0 Å². The van der Waals surface area contributed by atoms with Crippen LogP contribution in [0, 0.1) is 0 Å². The van der Waals surface area contributed by atoms with Gasteiger partial charge in [0, 0.05) is 30.4 Å². The Morgan fingerprint density at radius 2 is 2.27 bits per heavy atom. The van der Waals surface area contributed by atoms with E-state index >= 15 is 0 Å². The number of thiazole rings is 1. The van der Waals surface area contributed by atoms with E-state index in [2.05, 4.69) is 41.1 Å². The lowest BCUT2D eigenvalue weighted by atomic mass is 9.98. The van der Waals surface area contributed by atoms with Crippen LogP contribution in [0.25, 0.3) is 0 Å². The second-order valence-electron chi connectivity index (χ2n) is 6.74. The van der Waals surface area contributed by atoms with Crippen molar-refractivity contribution in [2.75, 3.05) is 19.7 Å². The molecule has 0 bridgehead atoms. The van der Waals surface area contributed by atoms with Crippen LogP contribution in [0.2, 0.25) is 0 Å². The van der Waals surface area contributed by atoms with Crippen molar-refractivity contribution >= 4 is 11.3 Å². The highest BCUT2D eigenvalue weighted by molar-refractivity contribution is 7.09. The van der Waals surface area contributed by atoms with Crippen molar-refractivity contribution in [1.29, 1.82) is 0 Å². The van der Waals surface area contributed by atoms with Crippen LogP contribution < -0.4 is 0 Å². The van der Waals surface area contributed by atoms with Gasteiger partial charge < -0.3 is 4.74 Å². The summed E-state index contributed by atoms with van der Waals surface area (Å²) < 4.78 is 7.66. The molecule has 2 aromatic heterocycles. The van der Waals surface area contributed by atoms with Crippen LogP contribution >= 0.6 is 11.3 Å². The standard InChI is InChI=1S/C15H23N5OS/c1-15(2,3)14-18-12(9-22-14)6-19-4-5-21-13(7-19)8-20-11-16-10-17-20/h9-11,13H,4-8H2,1-3H3/t13-/m0/s1. The molecule has 3 heterocycles. The van der Waals surface area contributed by atoms with Gasteiger partial charge in [0.25, 0.3) is 0 Å². The number of hydrogen-bond donors (Lipinski definition) is 0. The van der Waals surface area contributed by atoms with Crippen LogP contribution in [-0.4, -0.2) is 50.4 Å². The van der Waals surface area contributed by atoms with Crippen LogP contribution in [0.4, 0.5) is 0 Å². The van der Waals surface area contributed by atoms with Crippen molar-refractivity contribution in [2.45, 2.75) is 45.4 Å². The molecule has 1 aliphatic heterocycles. The quantitative estimate of drug-likeness (QED) is 0.861. The van der Waals surface area contributed by atoms with Gasteiger partial charge >= 0.3 is 0 Å². The summed E-state index contributed by atoms with van der Waals surface area (Å²) in [5.74, 6) is 0. The lowest BCUT2D eigenvalue weighted by Gasteiger charge is -2.32. The van der Waals surface area contributed by atoms with E-state index in [1.807, 2.05) is 4.68 Å². The van der Waals surface area contributed by atoms with Crippen LogP contribution in [-0.2, 0) is 23.2 Å². The van der Waals surface area contributed by atoms with Gasteiger partial charge in [-0.1, -0.05) is 20.8 Å². The summed E-state index contributed by atoms with van der Waals surface area (Å²) in [6, 6.07) is 0. The van der Waals surface area contributed by atoms with E-state index in [1.165, 1.54) is 5.01 Å². The summed E-state index contributed by atoms with van der Waals surface area (Å²) >= 11 is 1.76. The lowest BCUT2D eigenvalue weighted by Crippen LogP contribution is -2.43. The van der Waals surface area contributed by atoms with E-state index < -0.39 is 0 Å². The van der Waals surface area contributed by atoms with Gasteiger partial charge in [-0.2, -0.15) is 5.10 Å². The van der Waals surface area contributed by atoms with Crippen LogP contribution in [0.15, 0.2) is 18.0 Å². The molecule has 0 spiro atoms. The fourth-order valence-electron chi connectivity index (χ4n) is 2.52. The van der Waals surface area contributed by atoms with E-state index in [9.17, 15) is 0 Å². The van der Waals surface area contributed by atoms with Crippen molar-refractivity contribution < 1.29 is 4.74 Å². The minimum Gasteiger partial charge on any atom is -0.374 e. The summed E-state index contributed by atoms with van der Waals surface area (Å²) in [7, 11) is 0. The van der Waals surface area contributed by atoms with E-state index in [-0.39, 0.29) is 11.5 Å². The first kappa shape index (κ1) is 15.6. The molecule has 0 amide bonds. The first-order valence-electron chi connectivity index (χ1n) is 7.62. The third-order valence-corrected chi connectivity index (χ3v) is 4.98. The van der Waals surface area contributed by atoms with E-state index in [0.29, 0.717) is 0 Å². The maximum atomic E-state index is 5.83. The topological polar surface area (TPSA) is 56.1 Å². The molecule has 1 atom stereocenters. The molecule has 1 aliphatic rings. The van der Waals surface area contributed by atoms with Gasteiger partial charge in [0.2, 0.25) is 0 Å². The molecule has 3 rings (SSSR count). The molecule has 0 radical (unpaired) electrons. The Hall–Kier alpha value is -1.31. The molecular formula is C15H23N5OS. The highest BCUT2D eigenvalue weighted by atomic mass is 32.1. The van der Waals surface area contributed by atoms with E-state index in [1.54, 1.807) is 24.0 Å². The van der Waals surface area contributed by atoms with Crippen molar-refractivity contribution in [1.82, 2.24) is 24.6 Å². The van der Waals surface area contributed by atoms with Gasteiger partial charge in [0.1, 0.15) is 12.7 Å². The Labute approximate surface area is 135 Å². The zero-order chi connectivity index (χ0) is 15.6. The van der Waals surface area contributed by atoms with Gasteiger partial charge in [0.15, 0.2) is 0 Å². The Bertz CT molecular complexity index is 589. The number of nitrogens with zero attached hydrogens (tertiary/aromatic N) is 5. The molecule has 22 heavy (non-hydrogen) atoms. The molecule has 0 unspecified atom stereocenters. The summed E-state index contributed by atoms with van der Waals surface area (Å²) in [5, 5.41) is 7.53. The van der Waals surface area contributed by atoms with Crippen LogP contribution in [0.3, 0.4) is 0 Å². The highest BCUT2D eigenvalue weighted by Crippen LogP contribution is 2.26. The van der Waals surface area contributed by atoms with Crippen LogP contribution in [0.1, 0.15) is 31.5 Å². The summed E-state index contributed by atoms with van der Waals surface area (Å²) in [4.78, 5) is 11.2. The lowest BCUT2D eigenvalue weighted by molar-refractivity contribution is -0.0405. The fraction of sp³-hybridized carbons (Fsp3) is 0.667. The molecule has 2 aromatic rings. The maximum Gasteiger partial charge on any atom is 0.137 e. The summed E-state index contributed by atoms with van der Waals surface area (Å²) in [5.41, 5.74) is 1.29. The minimum atomic E-state index is 0.129. The first-order chi connectivity index (χ1) is 10.5. The van der Waals surface area contributed by atoms with Gasteiger partial charge in [-0.05, 0) is 0 Å². The molecule has 0 aromatic carbocycles. The molecule has 0 saturated carbocycles. The zero-order valence-electron chi connectivity index (χ0n) is 13.4. The minimum absolute atomic E-state index is 0.129. The normalized spacial score (nSPS) is 20.4. The van der Waals surface area contributed by atoms with E-state index in [4.69, 9.17) is 9.72 Å². The molecule has 1 fully saturated rings. The van der Waals surface area contributed by atoms with Gasteiger partial charge in [-0.25, -0.2) is 9.97 Å². The van der Waals surface area contributed by atoms with Gasteiger partial charge in [0.05, 0.1) is 30.0 Å². The summed E-state index contributed by atoms with van der Waals surface area (Å²) in [6.07, 6.45) is 3.46. The fourth-order valence-corrected chi connectivity index (χ4v) is 3.42. The Balaban J connectivity index is 1.57. The molecule has 0 N–H and O–H groups in total. The van der Waals surface area contributed by atoms with Gasteiger partial charge in [-0.3, -0.25) is 9.58 Å². The average Bonchev–Trinajstić information content (AvgIpc) is 3.10. The van der Waals surface area contributed by atoms with Crippen molar-refractivity contribution in [3.05, 3.63) is 28.7 Å². The van der Waals surface area contributed by atoms with E-state index in [0.717, 1.165) is 38.5 Å². The molecule has 6 nitrogen and oxygen atoms in total. The Morgan fingerprint density at radius 3 is 2.95 bits per heavy atom. The number of aromatic nitrogens is 4. The number of rotatable bonds is 4. The van der Waals surface area contributed by atoms with Crippen LogP contribution in [0.5, 0.6) is 0 Å². The molecular weight excluding hydrogens is 298 g/mol. The predicted octanol–water partition coefficient (Wildman–Crippen LogP) is 1.93. The van der Waals surface area contributed by atoms with Gasteiger partial charge in [-0.15, -0.1) is 11.3 Å². The number of ether oxygens (including phenoxy) is 1. The Kier molecular flexibility index (Phi) is 4.56. The molecule has 0 aliphatic carbocycles. The molecule has 7 heteroatoms. The largest absolute Gasteiger partial charge is 0.374 e. The third-order valence-electron chi connectivity index (χ3n) is 3.66. The maximum absolute atomic E-state index is 5.83. The summed E-state index contributed by atoms with van der Waals surface area (Å²) in [6.45, 7) is 10.9. The smallest absolute Gasteiger partial charge is 0.137 e. The second kappa shape index (κ2) is 6.44. The third kappa shape index (κ3) is 3.91. The number of hydrogen-bond acceptors (Lipinski definition) is 6. The average molecular weight is 321 g/mol. The highest BCUT2D eigenvalue weighted by Gasteiger charge is 2.23. The zero-order valence-corrected chi connectivity index (χ0v) is 14.2. The SMILES string of the molecule is CC(C)(C)c1nc(CN2CCO[C@H](Cn3cncn3)C2)cs1. The van der Waals surface area contributed by atoms with Crippen molar-refractivity contribution in [3.8, 4) is 0 Å². The predicted molar refractivity (Wildman–Crippen MR) is 85.9 cm³/mol. The second-order valence-corrected chi connectivity index (χ2v) is 7.60. The molecule has 120 valence electrons. The monoisotopic (exact) mass is 321 g/mol. The molecule has 1 saturated heterocycles. The van der Waals surface area contributed by atoms with Crippen molar-refractivity contribution in [3.63, 3.8) is 0 Å². The first-order valence-corrected chi connectivity index (χ1v) is 8.50. The number of morpholine rings is 1.